The zero-order valence-corrected chi connectivity index (χ0v) is 16.3. The largest absolute Gasteiger partial charge is 0.497 e. The normalized spacial score (nSPS) is 15.1. The van der Waals surface area contributed by atoms with Gasteiger partial charge in [0.05, 0.1) is 19.8 Å². The molecule has 0 amide bonds. The molecule has 1 fully saturated rings. The van der Waals surface area contributed by atoms with Crippen molar-refractivity contribution in [2.75, 3.05) is 13.7 Å². The first-order valence-electron chi connectivity index (χ1n) is 8.10. The number of ether oxygens (including phenoxy) is 2. The minimum atomic E-state index is 0. The van der Waals surface area contributed by atoms with Crippen molar-refractivity contribution < 1.29 is 9.47 Å². The van der Waals surface area contributed by atoms with Crippen molar-refractivity contribution in [3.05, 3.63) is 23.8 Å². The Morgan fingerprint density at radius 1 is 1.35 bits per heavy atom. The van der Waals surface area contributed by atoms with E-state index in [1.807, 2.05) is 18.2 Å². The topological polar surface area (TPSA) is 68.9 Å². The van der Waals surface area contributed by atoms with E-state index in [0.717, 1.165) is 42.9 Å². The van der Waals surface area contributed by atoms with Crippen LogP contribution in [0.15, 0.2) is 23.2 Å². The van der Waals surface area contributed by atoms with Gasteiger partial charge in [0.15, 0.2) is 5.96 Å². The quantitative estimate of drug-likeness (QED) is 0.393. The number of aliphatic imine (C=N–C) groups is 1. The molecule has 0 heterocycles. The zero-order valence-electron chi connectivity index (χ0n) is 14.0. The molecule has 0 unspecified atom stereocenters. The maximum atomic E-state index is 6.15. The number of methoxy groups -OCH3 is 1. The Kier molecular flexibility index (Phi) is 9.13. The Balaban J connectivity index is 0.00000264. The summed E-state index contributed by atoms with van der Waals surface area (Å²) in [6, 6.07) is 5.88. The summed E-state index contributed by atoms with van der Waals surface area (Å²) in [5.74, 6) is 2.14. The lowest BCUT2D eigenvalue weighted by Gasteiger charge is -2.17. The molecule has 0 bridgehead atoms. The van der Waals surface area contributed by atoms with Crippen LogP contribution in [0.2, 0.25) is 0 Å². The molecule has 23 heavy (non-hydrogen) atoms. The van der Waals surface area contributed by atoms with Gasteiger partial charge in [-0.05, 0) is 44.2 Å². The number of nitrogens with two attached hydrogens (primary N) is 1. The predicted molar refractivity (Wildman–Crippen MR) is 105 cm³/mol. The highest BCUT2D eigenvalue weighted by molar-refractivity contribution is 14.0. The van der Waals surface area contributed by atoms with Crippen LogP contribution in [0, 0.1) is 0 Å². The number of rotatable bonds is 7. The molecule has 1 aliphatic rings. The molecule has 1 aliphatic carbocycles. The van der Waals surface area contributed by atoms with Crippen LogP contribution in [0.3, 0.4) is 0 Å². The highest BCUT2D eigenvalue weighted by Gasteiger charge is 2.18. The number of nitrogens with zero attached hydrogens (tertiary/aromatic N) is 1. The Morgan fingerprint density at radius 2 is 2.09 bits per heavy atom. The van der Waals surface area contributed by atoms with Gasteiger partial charge in [0.25, 0.3) is 0 Å². The predicted octanol–water partition coefficient (Wildman–Crippen LogP) is 3.45. The molecular formula is C17H28IN3O2. The van der Waals surface area contributed by atoms with Gasteiger partial charge in [-0.1, -0.05) is 6.92 Å². The Labute approximate surface area is 156 Å². The molecule has 130 valence electrons. The van der Waals surface area contributed by atoms with Gasteiger partial charge in [0.1, 0.15) is 11.5 Å². The second kappa shape index (κ2) is 10.6. The van der Waals surface area contributed by atoms with Crippen LogP contribution >= 0.6 is 24.0 Å². The number of nitrogens with one attached hydrogen (secondary N) is 1. The molecule has 6 heteroatoms. The lowest BCUT2D eigenvalue weighted by Crippen LogP contribution is -2.32. The van der Waals surface area contributed by atoms with Crippen molar-refractivity contribution >= 4 is 29.9 Å². The zero-order chi connectivity index (χ0) is 15.8. The van der Waals surface area contributed by atoms with E-state index in [0.29, 0.717) is 18.6 Å². The van der Waals surface area contributed by atoms with Crippen LogP contribution in [0.5, 0.6) is 11.5 Å². The summed E-state index contributed by atoms with van der Waals surface area (Å²) >= 11 is 0. The Hall–Kier alpha value is -1.18. The number of hydrogen-bond acceptors (Lipinski definition) is 3. The molecule has 0 radical (unpaired) electrons. The molecule has 0 saturated heterocycles. The summed E-state index contributed by atoms with van der Waals surface area (Å²) in [5, 5.41) is 3.08. The van der Waals surface area contributed by atoms with Crippen LogP contribution in [0.4, 0.5) is 0 Å². The highest BCUT2D eigenvalue weighted by Crippen LogP contribution is 2.30. The molecular weight excluding hydrogens is 405 g/mol. The summed E-state index contributed by atoms with van der Waals surface area (Å²) in [4.78, 5) is 4.39. The van der Waals surface area contributed by atoms with Gasteiger partial charge < -0.3 is 20.5 Å². The number of halogens is 1. The van der Waals surface area contributed by atoms with Crippen molar-refractivity contribution in [1.29, 1.82) is 0 Å². The average Bonchev–Trinajstić information content (AvgIpc) is 3.04. The Bertz CT molecular complexity index is 503. The minimum Gasteiger partial charge on any atom is -0.497 e. The van der Waals surface area contributed by atoms with Crippen LogP contribution in [0.1, 0.15) is 44.6 Å². The monoisotopic (exact) mass is 433 g/mol. The summed E-state index contributed by atoms with van der Waals surface area (Å²) in [6.07, 6.45) is 6.08. The van der Waals surface area contributed by atoms with E-state index >= 15 is 0 Å². The summed E-state index contributed by atoms with van der Waals surface area (Å²) in [5.41, 5.74) is 6.89. The van der Waals surface area contributed by atoms with Crippen molar-refractivity contribution in [3.8, 4) is 11.5 Å². The fraction of sp³-hybridized carbons (Fsp3) is 0.588. The Morgan fingerprint density at radius 3 is 2.74 bits per heavy atom. The summed E-state index contributed by atoms with van der Waals surface area (Å²) < 4.78 is 11.5. The molecule has 0 aromatic heterocycles. The van der Waals surface area contributed by atoms with E-state index in [9.17, 15) is 0 Å². The third kappa shape index (κ3) is 6.45. The van der Waals surface area contributed by atoms with Crippen molar-refractivity contribution in [2.24, 2.45) is 10.7 Å². The van der Waals surface area contributed by atoms with Gasteiger partial charge in [0, 0.05) is 18.2 Å². The van der Waals surface area contributed by atoms with E-state index < -0.39 is 0 Å². The number of guanidine groups is 1. The van der Waals surface area contributed by atoms with Crippen LogP contribution in [-0.4, -0.2) is 25.7 Å². The van der Waals surface area contributed by atoms with E-state index in [4.69, 9.17) is 15.2 Å². The second-order valence-electron chi connectivity index (χ2n) is 5.63. The molecule has 0 aliphatic heterocycles. The lowest BCUT2D eigenvalue weighted by atomic mass is 10.2. The molecule has 1 aromatic carbocycles. The van der Waals surface area contributed by atoms with Crippen LogP contribution < -0.4 is 20.5 Å². The molecule has 5 nitrogen and oxygen atoms in total. The van der Waals surface area contributed by atoms with Gasteiger partial charge >= 0.3 is 0 Å². The van der Waals surface area contributed by atoms with Crippen molar-refractivity contribution in [3.63, 3.8) is 0 Å². The first-order valence-corrected chi connectivity index (χ1v) is 8.10. The fourth-order valence-corrected chi connectivity index (χ4v) is 2.57. The first-order chi connectivity index (χ1) is 10.7. The maximum Gasteiger partial charge on any atom is 0.188 e. The van der Waals surface area contributed by atoms with E-state index in [1.54, 1.807) is 7.11 Å². The van der Waals surface area contributed by atoms with E-state index in [2.05, 4.69) is 17.2 Å². The number of benzene rings is 1. The molecule has 0 atom stereocenters. The van der Waals surface area contributed by atoms with Gasteiger partial charge in [-0.3, -0.25) is 0 Å². The fourth-order valence-electron chi connectivity index (χ4n) is 2.57. The molecule has 1 saturated carbocycles. The first kappa shape index (κ1) is 19.9. The molecule has 0 spiro atoms. The highest BCUT2D eigenvalue weighted by atomic mass is 127. The van der Waals surface area contributed by atoms with Crippen molar-refractivity contribution in [1.82, 2.24) is 5.32 Å². The lowest BCUT2D eigenvalue weighted by molar-refractivity contribution is 0.207. The SMILES string of the molecule is CCCNC(N)=NCc1ccc(OC)cc1OC1CCCC1.I. The minimum absolute atomic E-state index is 0. The summed E-state index contributed by atoms with van der Waals surface area (Å²) in [7, 11) is 1.67. The van der Waals surface area contributed by atoms with Gasteiger partial charge in [-0.25, -0.2) is 4.99 Å². The standard InChI is InChI=1S/C17H27N3O2.HI/c1-3-10-19-17(18)20-12-13-8-9-15(21-2)11-16(13)22-14-6-4-5-7-14;/h8-9,11,14H,3-7,10,12H2,1-2H3,(H3,18,19,20);1H. The van der Waals surface area contributed by atoms with Crippen LogP contribution in [-0.2, 0) is 6.54 Å². The van der Waals surface area contributed by atoms with Crippen molar-refractivity contribution in [2.45, 2.75) is 51.7 Å². The molecule has 1 aromatic rings. The summed E-state index contributed by atoms with van der Waals surface area (Å²) in [6.45, 7) is 3.44. The van der Waals surface area contributed by atoms with Gasteiger partial charge in [0.2, 0.25) is 0 Å². The third-order valence-electron chi connectivity index (χ3n) is 3.85. The van der Waals surface area contributed by atoms with Crippen LogP contribution in [0.25, 0.3) is 0 Å². The van der Waals surface area contributed by atoms with Gasteiger partial charge in [-0.2, -0.15) is 0 Å². The smallest absolute Gasteiger partial charge is 0.188 e. The van der Waals surface area contributed by atoms with E-state index in [1.165, 1.54) is 12.8 Å². The second-order valence-corrected chi connectivity index (χ2v) is 5.63. The van der Waals surface area contributed by atoms with E-state index in [-0.39, 0.29) is 24.0 Å². The van der Waals surface area contributed by atoms with Gasteiger partial charge in [-0.15, -0.1) is 24.0 Å². The average molecular weight is 433 g/mol. The number of hydrogen-bond donors (Lipinski definition) is 2. The third-order valence-corrected chi connectivity index (χ3v) is 3.85. The maximum absolute atomic E-state index is 6.15. The molecule has 3 N–H and O–H groups in total. The molecule has 2 rings (SSSR count).